The largest absolute Gasteiger partial charge is 0.573 e. The third-order valence-electron chi connectivity index (χ3n) is 6.04. The van der Waals surface area contributed by atoms with Gasteiger partial charge in [-0.2, -0.15) is 0 Å². The van der Waals surface area contributed by atoms with E-state index in [1.807, 2.05) is 48.5 Å². The minimum atomic E-state index is -4.84. The average molecular weight is 521 g/mol. The minimum Gasteiger partial charge on any atom is -0.493 e. The molecule has 5 rings (SSSR count). The van der Waals surface area contributed by atoms with E-state index in [2.05, 4.69) is 10.1 Å². The summed E-state index contributed by atoms with van der Waals surface area (Å²) in [5.41, 5.74) is 1.22. The Morgan fingerprint density at radius 2 is 1.61 bits per heavy atom. The number of aryl methyl sites for hydroxylation is 1. The summed E-state index contributed by atoms with van der Waals surface area (Å²) in [4.78, 5) is 12.4. The molecule has 2 N–H and O–H groups in total. The zero-order valence-electron chi connectivity index (χ0n) is 20.0. The quantitative estimate of drug-likeness (QED) is 0.196. The Kier molecular flexibility index (Phi) is 6.83. The lowest BCUT2D eigenvalue weighted by Crippen LogP contribution is -2.17. The molecule has 4 aromatic carbocycles. The monoisotopic (exact) mass is 520 g/mol. The first-order valence-electron chi connectivity index (χ1n) is 11.9. The number of rotatable bonds is 9. The normalized spacial score (nSPS) is 11.6. The van der Waals surface area contributed by atoms with Crippen LogP contribution in [0.4, 0.5) is 24.5 Å². The number of hydrogen-bond donors (Lipinski definition) is 2. The van der Waals surface area contributed by atoms with Crippen molar-refractivity contribution in [1.82, 2.24) is 4.57 Å². The fourth-order valence-electron chi connectivity index (χ4n) is 4.53. The number of carboxylic acid groups (broad SMARTS) is 1. The van der Waals surface area contributed by atoms with Crippen molar-refractivity contribution < 1.29 is 32.5 Å². The summed E-state index contributed by atoms with van der Waals surface area (Å²) in [6, 6.07) is 26.2. The summed E-state index contributed by atoms with van der Waals surface area (Å²) < 4.78 is 49.8. The van der Waals surface area contributed by atoms with Gasteiger partial charge in [0.15, 0.2) is 5.69 Å². The second-order valence-electron chi connectivity index (χ2n) is 8.58. The number of ether oxygens (including phenoxy) is 2. The highest BCUT2D eigenvalue weighted by Crippen LogP contribution is 2.35. The number of hydrogen-bond acceptors (Lipinski definition) is 4. The van der Waals surface area contributed by atoms with E-state index in [0.29, 0.717) is 30.5 Å². The van der Waals surface area contributed by atoms with Gasteiger partial charge in [-0.3, -0.25) is 0 Å². The molecule has 0 radical (unpaired) electrons. The number of fused-ring (bicyclic) bond motifs is 2. The van der Waals surface area contributed by atoms with Crippen LogP contribution >= 0.6 is 0 Å². The SMILES string of the molecule is O=C(O)c1c(Nc2cccc(OC(F)(F)F)c2)c2ccccc2n1CCCOc1cccc2ccccc12. The highest BCUT2D eigenvalue weighted by Gasteiger charge is 2.31. The van der Waals surface area contributed by atoms with Crippen LogP contribution in [0.25, 0.3) is 21.7 Å². The molecule has 0 amide bonds. The number of alkyl halides is 3. The molecule has 0 aliphatic heterocycles. The summed E-state index contributed by atoms with van der Waals surface area (Å²) >= 11 is 0. The molecule has 0 bridgehead atoms. The van der Waals surface area contributed by atoms with Crippen molar-refractivity contribution in [2.24, 2.45) is 0 Å². The molecule has 5 aromatic rings. The summed E-state index contributed by atoms with van der Waals surface area (Å²) in [5, 5.41) is 15.8. The van der Waals surface area contributed by atoms with Crippen LogP contribution in [0.3, 0.4) is 0 Å². The van der Waals surface area contributed by atoms with E-state index in [0.717, 1.165) is 16.5 Å². The Morgan fingerprint density at radius 3 is 2.39 bits per heavy atom. The molecule has 0 aliphatic rings. The maximum atomic E-state index is 12.7. The van der Waals surface area contributed by atoms with Crippen LogP contribution in [0.2, 0.25) is 0 Å². The Labute approximate surface area is 215 Å². The molecule has 0 unspecified atom stereocenters. The molecule has 0 fully saturated rings. The van der Waals surface area contributed by atoms with Gasteiger partial charge in [0.25, 0.3) is 0 Å². The van der Waals surface area contributed by atoms with Gasteiger partial charge in [-0.25, -0.2) is 4.79 Å². The van der Waals surface area contributed by atoms with Crippen molar-refractivity contribution in [3.8, 4) is 11.5 Å². The molecular formula is C29H23F3N2O4. The van der Waals surface area contributed by atoms with E-state index in [1.165, 1.54) is 18.2 Å². The first-order valence-corrected chi connectivity index (χ1v) is 11.9. The number of nitrogens with zero attached hydrogens (tertiary/aromatic N) is 1. The zero-order valence-corrected chi connectivity index (χ0v) is 20.0. The van der Waals surface area contributed by atoms with Crippen molar-refractivity contribution in [2.45, 2.75) is 19.3 Å². The Hall–Kier alpha value is -4.66. The molecule has 0 spiro atoms. The van der Waals surface area contributed by atoms with Crippen LogP contribution < -0.4 is 14.8 Å². The van der Waals surface area contributed by atoms with Crippen molar-refractivity contribution in [1.29, 1.82) is 0 Å². The molecule has 1 aromatic heterocycles. The highest BCUT2D eigenvalue weighted by molar-refractivity contribution is 6.07. The van der Waals surface area contributed by atoms with Crippen LogP contribution in [0.15, 0.2) is 91.0 Å². The number of para-hydroxylation sites is 1. The fourth-order valence-corrected chi connectivity index (χ4v) is 4.53. The molecule has 9 heteroatoms. The summed E-state index contributed by atoms with van der Waals surface area (Å²) in [7, 11) is 0. The molecular weight excluding hydrogens is 497 g/mol. The number of nitrogens with one attached hydrogen (secondary N) is 1. The van der Waals surface area contributed by atoms with Gasteiger partial charge in [0.2, 0.25) is 0 Å². The van der Waals surface area contributed by atoms with Gasteiger partial charge in [0.05, 0.1) is 17.8 Å². The number of carboxylic acids is 1. The number of anilines is 2. The smallest absolute Gasteiger partial charge is 0.493 e. The van der Waals surface area contributed by atoms with Crippen LogP contribution in [0, 0.1) is 0 Å². The van der Waals surface area contributed by atoms with Gasteiger partial charge >= 0.3 is 12.3 Å². The van der Waals surface area contributed by atoms with Gasteiger partial charge in [0.1, 0.15) is 11.5 Å². The Balaban J connectivity index is 1.40. The first kappa shape index (κ1) is 25.0. The molecule has 1 heterocycles. The molecule has 0 saturated heterocycles. The van der Waals surface area contributed by atoms with Crippen molar-refractivity contribution in [3.05, 3.63) is 96.7 Å². The summed E-state index contributed by atoms with van der Waals surface area (Å²) in [6.07, 6.45) is -4.31. The van der Waals surface area contributed by atoms with Gasteiger partial charge in [0, 0.05) is 29.1 Å². The second kappa shape index (κ2) is 10.4. The minimum absolute atomic E-state index is 0.00139. The number of aromatic carboxylic acids is 1. The van der Waals surface area contributed by atoms with Crippen molar-refractivity contribution in [3.63, 3.8) is 0 Å². The zero-order chi connectivity index (χ0) is 26.7. The maximum Gasteiger partial charge on any atom is 0.573 e. The topological polar surface area (TPSA) is 72.7 Å². The molecule has 194 valence electrons. The predicted molar refractivity (Wildman–Crippen MR) is 139 cm³/mol. The molecule has 0 atom stereocenters. The summed E-state index contributed by atoms with van der Waals surface area (Å²) in [6.45, 7) is 0.713. The fraction of sp³-hybridized carbons (Fsp3) is 0.138. The van der Waals surface area contributed by atoms with E-state index in [1.54, 1.807) is 28.8 Å². The summed E-state index contributed by atoms with van der Waals surface area (Å²) in [5.74, 6) is -0.822. The van der Waals surface area contributed by atoms with Gasteiger partial charge in [-0.15, -0.1) is 13.2 Å². The van der Waals surface area contributed by atoms with Crippen LogP contribution in [0.5, 0.6) is 11.5 Å². The highest BCUT2D eigenvalue weighted by atomic mass is 19.4. The number of aromatic nitrogens is 1. The van der Waals surface area contributed by atoms with Crippen molar-refractivity contribution >= 4 is 39.0 Å². The Bertz CT molecular complexity index is 1610. The lowest BCUT2D eigenvalue weighted by molar-refractivity contribution is -0.274. The van der Waals surface area contributed by atoms with E-state index in [-0.39, 0.29) is 17.1 Å². The lowest BCUT2D eigenvalue weighted by atomic mass is 10.1. The number of benzene rings is 4. The third-order valence-corrected chi connectivity index (χ3v) is 6.04. The van der Waals surface area contributed by atoms with E-state index in [9.17, 15) is 23.1 Å². The standard InChI is InChI=1S/C29H23F3N2O4/c30-29(31,32)38-21-11-6-10-20(18-21)33-26-23-13-3-4-14-24(23)34(27(26)28(35)36)16-7-17-37-25-15-5-9-19-8-1-2-12-22(19)25/h1-6,8-15,18,33H,7,16-17H2,(H,35,36). The second-order valence-corrected chi connectivity index (χ2v) is 8.58. The van der Waals surface area contributed by atoms with Gasteiger partial charge in [-0.1, -0.05) is 60.7 Å². The van der Waals surface area contributed by atoms with Gasteiger partial charge < -0.3 is 24.5 Å². The van der Waals surface area contributed by atoms with Gasteiger partial charge in [-0.05, 0) is 36.1 Å². The van der Waals surface area contributed by atoms with Crippen molar-refractivity contribution in [2.75, 3.05) is 11.9 Å². The number of carbonyl (C=O) groups is 1. The van der Waals surface area contributed by atoms with E-state index < -0.39 is 18.1 Å². The van der Waals surface area contributed by atoms with Crippen LogP contribution in [-0.2, 0) is 6.54 Å². The lowest BCUT2D eigenvalue weighted by Gasteiger charge is -2.13. The Morgan fingerprint density at radius 1 is 0.895 bits per heavy atom. The maximum absolute atomic E-state index is 12.7. The molecule has 0 aliphatic carbocycles. The predicted octanol–water partition coefficient (Wildman–Crippen LogP) is 7.60. The number of halogens is 3. The van der Waals surface area contributed by atoms with E-state index >= 15 is 0 Å². The third kappa shape index (κ3) is 5.36. The first-order chi connectivity index (χ1) is 18.3. The average Bonchev–Trinajstić information content (AvgIpc) is 3.19. The molecule has 38 heavy (non-hydrogen) atoms. The van der Waals surface area contributed by atoms with E-state index in [4.69, 9.17) is 4.74 Å². The van der Waals surface area contributed by atoms with Crippen LogP contribution in [-0.4, -0.2) is 28.6 Å². The van der Waals surface area contributed by atoms with Crippen LogP contribution in [0.1, 0.15) is 16.9 Å². The molecule has 0 saturated carbocycles. The molecule has 6 nitrogen and oxygen atoms in total.